The maximum Gasteiger partial charge on any atom is 0.409 e. The summed E-state index contributed by atoms with van der Waals surface area (Å²) >= 11 is 0. The molecule has 0 spiro atoms. The molecule has 1 aliphatic heterocycles. The molecule has 0 unspecified atom stereocenters. The van der Waals surface area contributed by atoms with E-state index in [1.807, 2.05) is 60.7 Å². The summed E-state index contributed by atoms with van der Waals surface area (Å²) in [4.78, 5) is 40.3. The third kappa shape index (κ3) is 5.37. The Morgan fingerprint density at radius 1 is 0.800 bits per heavy atom. The zero-order chi connectivity index (χ0) is 21.3. The molecule has 30 heavy (non-hydrogen) atoms. The van der Waals surface area contributed by atoms with E-state index in [1.54, 1.807) is 16.7 Å². The van der Waals surface area contributed by atoms with Gasteiger partial charge >= 0.3 is 12.1 Å². The number of nitrogens with zero attached hydrogens (tertiary/aromatic N) is 2. The summed E-state index contributed by atoms with van der Waals surface area (Å²) < 4.78 is 10.4. The maximum absolute atomic E-state index is 12.9. The molecule has 1 aliphatic rings. The van der Waals surface area contributed by atoms with Gasteiger partial charge in [0.25, 0.3) is 5.91 Å². The van der Waals surface area contributed by atoms with Crippen molar-refractivity contribution in [2.24, 2.45) is 0 Å². The predicted octanol–water partition coefficient (Wildman–Crippen LogP) is 2.66. The highest BCUT2D eigenvalue weighted by molar-refractivity contribution is 5.85. The highest BCUT2D eigenvalue weighted by Gasteiger charge is 2.28. The fraction of sp³-hybridized carbons (Fsp3) is 0.348. The van der Waals surface area contributed by atoms with Gasteiger partial charge in [-0.05, 0) is 18.1 Å². The Bertz CT molecular complexity index is 809. The molecule has 3 rings (SSSR count). The molecule has 158 valence electrons. The van der Waals surface area contributed by atoms with Crippen molar-refractivity contribution in [3.8, 4) is 0 Å². The van der Waals surface area contributed by atoms with Gasteiger partial charge in [-0.1, -0.05) is 60.7 Å². The minimum atomic E-state index is -0.596. The zero-order valence-electron chi connectivity index (χ0n) is 17.0. The highest BCUT2D eigenvalue weighted by atomic mass is 16.6. The fourth-order valence-electron chi connectivity index (χ4n) is 3.42. The van der Waals surface area contributed by atoms with Crippen LogP contribution in [0.15, 0.2) is 60.7 Å². The van der Waals surface area contributed by atoms with Crippen molar-refractivity contribution >= 4 is 18.0 Å². The number of carbonyl (C=O) groups excluding carboxylic acids is 3. The van der Waals surface area contributed by atoms with E-state index in [4.69, 9.17) is 9.47 Å². The molecule has 1 saturated heterocycles. The van der Waals surface area contributed by atoms with Gasteiger partial charge in [0.05, 0.1) is 6.61 Å². The second kappa shape index (κ2) is 10.4. The van der Waals surface area contributed by atoms with Gasteiger partial charge in [0.15, 0.2) is 6.61 Å². The quantitative estimate of drug-likeness (QED) is 0.685. The maximum atomic E-state index is 12.9. The Hall–Kier alpha value is -3.35. The molecule has 2 amide bonds. The lowest BCUT2D eigenvalue weighted by Gasteiger charge is -2.34. The van der Waals surface area contributed by atoms with Gasteiger partial charge < -0.3 is 19.3 Å². The van der Waals surface area contributed by atoms with Crippen molar-refractivity contribution in [1.82, 2.24) is 9.80 Å². The average Bonchev–Trinajstić information content (AvgIpc) is 2.79. The summed E-state index contributed by atoms with van der Waals surface area (Å²) in [7, 11) is 0. The Kier molecular flexibility index (Phi) is 7.43. The van der Waals surface area contributed by atoms with Crippen LogP contribution in [0.4, 0.5) is 4.79 Å². The highest BCUT2D eigenvalue weighted by Crippen LogP contribution is 2.26. The van der Waals surface area contributed by atoms with Crippen LogP contribution in [0.5, 0.6) is 0 Å². The largest absolute Gasteiger partial charge is 0.455 e. The van der Waals surface area contributed by atoms with Crippen molar-refractivity contribution in [3.05, 3.63) is 71.8 Å². The summed E-state index contributed by atoms with van der Waals surface area (Å²) in [6.45, 7) is 3.31. The number of hydrogen-bond acceptors (Lipinski definition) is 5. The number of rotatable bonds is 6. The SMILES string of the molecule is CCOC(=O)N1CCN(C(=O)COC(=O)C(c2ccccc2)c2ccccc2)CC1. The van der Waals surface area contributed by atoms with Crippen molar-refractivity contribution in [3.63, 3.8) is 0 Å². The molecule has 0 atom stereocenters. The number of esters is 1. The number of piperazine rings is 1. The molecular formula is C23H26N2O5. The van der Waals surface area contributed by atoms with Gasteiger partial charge in [-0.25, -0.2) is 4.79 Å². The molecule has 2 aromatic carbocycles. The summed E-state index contributed by atoms with van der Waals surface area (Å²) in [6, 6.07) is 18.7. The monoisotopic (exact) mass is 410 g/mol. The first-order valence-corrected chi connectivity index (χ1v) is 10.1. The van der Waals surface area contributed by atoms with Crippen LogP contribution >= 0.6 is 0 Å². The van der Waals surface area contributed by atoms with Crippen molar-refractivity contribution in [2.45, 2.75) is 12.8 Å². The van der Waals surface area contributed by atoms with E-state index in [0.29, 0.717) is 32.8 Å². The second-order valence-corrected chi connectivity index (χ2v) is 6.93. The van der Waals surface area contributed by atoms with E-state index < -0.39 is 11.9 Å². The predicted molar refractivity (Wildman–Crippen MR) is 111 cm³/mol. The number of hydrogen-bond donors (Lipinski definition) is 0. The first-order valence-electron chi connectivity index (χ1n) is 10.1. The van der Waals surface area contributed by atoms with Crippen molar-refractivity contribution in [1.29, 1.82) is 0 Å². The van der Waals surface area contributed by atoms with Crippen LogP contribution in [-0.2, 0) is 19.1 Å². The van der Waals surface area contributed by atoms with Crippen LogP contribution in [0.2, 0.25) is 0 Å². The fourth-order valence-corrected chi connectivity index (χ4v) is 3.42. The molecule has 1 heterocycles. The minimum absolute atomic E-state index is 0.272. The van der Waals surface area contributed by atoms with Gasteiger partial charge in [-0.2, -0.15) is 0 Å². The van der Waals surface area contributed by atoms with Gasteiger partial charge in [0, 0.05) is 26.2 Å². The number of ether oxygens (including phenoxy) is 2. The molecular weight excluding hydrogens is 384 g/mol. The van der Waals surface area contributed by atoms with Crippen LogP contribution in [-0.4, -0.2) is 67.2 Å². The molecule has 2 aromatic rings. The van der Waals surface area contributed by atoms with E-state index in [9.17, 15) is 14.4 Å². The average molecular weight is 410 g/mol. The second-order valence-electron chi connectivity index (χ2n) is 6.93. The Balaban J connectivity index is 1.58. The van der Waals surface area contributed by atoms with Crippen LogP contribution < -0.4 is 0 Å². The molecule has 0 saturated carbocycles. The summed E-state index contributed by atoms with van der Waals surface area (Å²) in [5, 5.41) is 0. The van der Waals surface area contributed by atoms with Crippen LogP contribution in [0.3, 0.4) is 0 Å². The van der Waals surface area contributed by atoms with E-state index in [-0.39, 0.29) is 18.6 Å². The van der Waals surface area contributed by atoms with Crippen LogP contribution in [0.25, 0.3) is 0 Å². The molecule has 0 bridgehead atoms. The van der Waals surface area contributed by atoms with Gasteiger partial charge in [-0.3, -0.25) is 9.59 Å². The third-order valence-corrected chi connectivity index (χ3v) is 5.00. The van der Waals surface area contributed by atoms with E-state index in [1.165, 1.54) is 0 Å². The van der Waals surface area contributed by atoms with Gasteiger partial charge in [0.1, 0.15) is 5.92 Å². The number of carbonyl (C=O) groups is 3. The molecule has 0 N–H and O–H groups in total. The lowest BCUT2D eigenvalue weighted by molar-refractivity contribution is -0.153. The Labute approximate surface area is 176 Å². The summed E-state index contributed by atoms with van der Waals surface area (Å²) in [5.74, 6) is -1.33. The standard InChI is InChI=1S/C23H26N2O5/c1-2-29-23(28)25-15-13-24(14-16-25)20(26)17-30-22(27)21(18-9-5-3-6-10-18)19-11-7-4-8-12-19/h3-12,21H,2,13-17H2,1H3. The number of benzene rings is 2. The van der Waals surface area contributed by atoms with E-state index >= 15 is 0 Å². The molecule has 0 radical (unpaired) electrons. The van der Waals surface area contributed by atoms with Crippen molar-refractivity contribution in [2.75, 3.05) is 39.4 Å². The molecule has 0 aliphatic carbocycles. The lowest BCUT2D eigenvalue weighted by atomic mass is 9.91. The van der Waals surface area contributed by atoms with E-state index in [2.05, 4.69) is 0 Å². The first-order chi connectivity index (χ1) is 14.6. The smallest absolute Gasteiger partial charge is 0.409 e. The van der Waals surface area contributed by atoms with Gasteiger partial charge in [-0.15, -0.1) is 0 Å². The summed E-state index contributed by atoms with van der Waals surface area (Å²) in [6.07, 6.45) is -0.371. The third-order valence-electron chi connectivity index (χ3n) is 5.00. The lowest BCUT2D eigenvalue weighted by Crippen LogP contribution is -2.51. The van der Waals surface area contributed by atoms with E-state index in [0.717, 1.165) is 11.1 Å². The Morgan fingerprint density at radius 3 is 1.80 bits per heavy atom. The first kappa shape index (κ1) is 21.4. The summed E-state index contributed by atoms with van der Waals surface area (Å²) in [5.41, 5.74) is 1.62. The zero-order valence-corrected chi connectivity index (χ0v) is 17.0. The van der Waals surface area contributed by atoms with Crippen LogP contribution in [0.1, 0.15) is 24.0 Å². The molecule has 1 fully saturated rings. The van der Waals surface area contributed by atoms with Crippen molar-refractivity contribution < 1.29 is 23.9 Å². The van der Waals surface area contributed by atoms with Gasteiger partial charge in [0.2, 0.25) is 0 Å². The number of amides is 2. The normalized spacial score (nSPS) is 13.8. The molecule has 7 heteroatoms. The molecule has 0 aromatic heterocycles. The van der Waals surface area contributed by atoms with Crippen LogP contribution in [0, 0.1) is 0 Å². The topological polar surface area (TPSA) is 76.2 Å². The Morgan fingerprint density at radius 2 is 1.30 bits per heavy atom. The molecule has 7 nitrogen and oxygen atoms in total. The minimum Gasteiger partial charge on any atom is -0.455 e.